The average Bonchev–Trinajstić information content (AvgIpc) is 2.81. The fraction of sp³-hybridized carbons (Fsp3) is 0.857. The molecule has 6 nitrogen and oxygen atoms in total. The van der Waals surface area contributed by atoms with Crippen molar-refractivity contribution in [2.45, 2.75) is 39.2 Å². The van der Waals surface area contributed by atoms with E-state index in [0.29, 0.717) is 25.4 Å². The molecular weight excluding hydrogens is 260 g/mol. The molecule has 0 aromatic rings. The van der Waals surface area contributed by atoms with Gasteiger partial charge in [0.25, 0.3) is 0 Å². The lowest BCUT2D eigenvalue weighted by Gasteiger charge is -2.37. The number of carboxylic acid groups (broad SMARTS) is 1. The third-order valence-electron chi connectivity index (χ3n) is 4.55. The van der Waals surface area contributed by atoms with Gasteiger partial charge in [-0.1, -0.05) is 0 Å². The van der Waals surface area contributed by atoms with Gasteiger partial charge in [-0.25, -0.2) is 4.79 Å². The highest BCUT2D eigenvalue weighted by molar-refractivity contribution is 5.78. The highest BCUT2D eigenvalue weighted by Crippen LogP contribution is 2.29. The fourth-order valence-electron chi connectivity index (χ4n) is 2.96. The first-order valence-electron chi connectivity index (χ1n) is 7.30. The molecule has 0 aromatic carbocycles. The molecule has 6 heteroatoms. The number of likely N-dealkylation sites (tertiary alicyclic amines) is 1. The van der Waals surface area contributed by atoms with Gasteiger partial charge in [0.2, 0.25) is 0 Å². The Morgan fingerprint density at radius 1 is 1.50 bits per heavy atom. The van der Waals surface area contributed by atoms with Crippen molar-refractivity contribution in [3.8, 4) is 0 Å². The van der Waals surface area contributed by atoms with Crippen LogP contribution in [0.2, 0.25) is 0 Å². The standard InChI is InChI=1S/C14H24N2O4/c1-10-11(4-7-20-10)8-15-13(19)16-6-3-5-14(2,9-16)12(17)18/h10-11H,3-9H2,1-2H3,(H,15,19)(H,17,18). The van der Waals surface area contributed by atoms with Crippen molar-refractivity contribution < 1.29 is 19.4 Å². The molecule has 2 heterocycles. The molecule has 2 fully saturated rings. The number of nitrogens with zero attached hydrogens (tertiary/aromatic N) is 1. The van der Waals surface area contributed by atoms with Gasteiger partial charge < -0.3 is 20.1 Å². The summed E-state index contributed by atoms with van der Waals surface area (Å²) < 4.78 is 5.47. The van der Waals surface area contributed by atoms with E-state index in [1.807, 2.05) is 6.92 Å². The number of amides is 2. The van der Waals surface area contributed by atoms with Gasteiger partial charge in [0.05, 0.1) is 11.5 Å². The van der Waals surface area contributed by atoms with Gasteiger partial charge in [-0.15, -0.1) is 0 Å². The van der Waals surface area contributed by atoms with Crippen LogP contribution in [-0.4, -0.2) is 54.4 Å². The average molecular weight is 284 g/mol. The summed E-state index contributed by atoms with van der Waals surface area (Å²) in [6, 6.07) is -0.156. The largest absolute Gasteiger partial charge is 0.481 e. The maximum absolute atomic E-state index is 12.2. The maximum atomic E-state index is 12.2. The topological polar surface area (TPSA) is 78.9 Å². The van der Waals surface area contributed by atoms with Gasteiger partial charge in [0.15, 0.2) is 0 Å². The number of hydrogen-bond donors (Lipinski definition) is 2. The fourth-order valence-corrected chi connectivity index (χ4v) is 2.96. The van der Waals surface area contributed by atoms with Crippen LogP contribution < -0.4 is 5.32 Å². The quantitative estimate of drug-likeness (QED) is 0.819. The molecule has 2 aliphatic heterocycles. The number of hydrogen-bond acceptors (Lipinski definition) is 3. The first-order chi connectivity index (χ1) is 9.42. The maximum Gasteiger partial charge on any atom is 0.317 e. The first kappa shape index (κ1) is 15.1. The Morgan fingerprint density at radius 3 is 2.85 bits per heavy atom. The molecule has 2 saturated heterocycles. The molecule has 0 aliphatic carbocycles. The summed E-state index contributed by atoms with van der Waals surface area (Å²) in [5.74, 6) is -0.470. The summed E-state index contributed by atoms with van der Waals surface area (Å²) in [6.45, 7) is 5.99. The highest BCUT2D eigenvalue weighted by atomic mass is 16.5. The molecule has 2 aliphatic rings. The number of piperidine rings is 1. The molecule has 3 atom stereocenters. The van der Waals surface area contributed by atoms with Gasteiger partial charge in [0, 0.05) is 32.2 Å². The number of nitrogens with one attached hydrogen (secondary N) is 1. The monoisotopic (exact) mass is 284 g/mol. The van der Waals surface area contributed by atoms with Crippen molar-refractivity contribution in [1.29, 1.82) is 0 Å². The van der Waals surface area contributed by atoms with Crippen LogP contribution in [0.3, 0.4) is 0 Å². The minimum absolute atomic E-state index is 0.156. The zero-order valence-electron chi connectivity index (χ0n) is 12.2. The number of carbonyl (C=O) groups excluding carboxylic acids is 1. The normalized spacial score (nSPS) is 34.0. The van der Waals surface area contributed by atoms with Crippen molar-refractivity contribution in [1.82, 2.24) is 10.2 Å². The van der Waals surface area contributed by atoms with Gasteiger partial charge in [-0.3, -0.25) is 4.79 Å². The van der Waals surface area contributed by atoms with Gasteiger partial charge in [0.1, 0.15) is 0 Å². The lowest BCUT2D eigenvalue weighted by Crippen LogP contribution is -2.52. The lowest BCUT2D eigenvalue weighted by molar-refractivity contribution is -0.150. The number of ether oxygens (including phenoxy) is 1. The van der Waals surface area contributed by atoms with Crippen molar-refractivity contribution >= 4 is 12.0 Å². The van der Waals surface area contributed by atoms with Crippen LogP contribution in [0.4, 0.5) is 4.79 Å². The molecule has 2 rings (SSSR count). The van der Waals surface area contributed by atoms with Crippen LogP contribution in [0.1, 0.15) is 33.1 Å². The van der Waals surface area contributed by atoms with Crippen molar-refractivity contribution in [2.24, 2.45) is 11.3 Å². The van der Waals surface area contributed by atoms with E-state index in [0.717, 1.165) is 19.4 Å². The van der Waals surface area contributed by atoms with Crippen LogP contribution in [0.25, 0.3) is 0 Å². The van der Waals surface area contributed by atoms with Crippen molar-refractivity contribution in [3.63, 3.8) is 0 Å². The van der Waals surface area contributed by atoms with Crippen LogP contribution in [0.5, 0.6) is 0 Å². The molecular formula is C14H24N2O4. The second-order valence-corrected chi connectivity index (χ2v) is 6.20. The number of aliphatic carboxylic acids is 1. The minimum Gasteiger partial charge on any atom is -0.481 e. The Balaban J connectivity index is 1.84. The van der Waals surface area contributed by atoms with E-state index in [-0.39, 0.29) is 18.7 Å². The molecule has 0 radical (unpaired) electrons. The van der Waals surface area contributed by atoms with Crippen LogP contribution in [0, 0.1) is 11.3 Å². The van der Waals surface area contributed by atoms with E-state index in [1.165, 1.54) is 0 Å². The van der Waals surface area contributed by atoms with E-state index in [9.17, 15) is 14.7 Å². The van der Waals surface area contributed by atoms with Gasteiger partial charge >= 0.3 is 12.0 Å². The Kier molecular flexibility index (Phi) is 4.52. The van der Waals surface area contributed by atoms with E-state index in [1.54, 1.807) is 11.8 Å². The van der Waals surface area contributed by atoms with Crippen LogP contribution in [-0.2, 0) is 9.53 Å². The van der Waals surface area contributed by atoms with Gasteiger partial charge in [-0.2, -0.15) is 0 Å². The van der Waals surface area contributed by atoms with E-state index in [4.69, 9.17) is 4.74 Å². The van der Waals surface area contributed by atoms with Gasteiger partial charge in [-0.05, 0) is 33.1 Å². The third kappa shape index (κ3) is 3.23. The molecule has 2 amide bonds. The second-order valence-electron chi connectivity index (χ2n) is 6.20. The molecule has 2 N–H and O–H groups in total. The molecule has 0 aromatic heterocycles. The summed E-state index contributed by atoms with van der Waals surface area (Å²) in [7, 11) is 0. The molecule has 3 unspecified atom stereocenters. The Bertz CT molecular complexity index is 387. The molecule has 114 valence electrons. The zero-order chi connectivity index (χ0) is 14.8. The Morgan fingerprint density at radius 2 is 2.25 bits per heavy atom. The van der Waals surface area contributed by atoms with E-state index >= 15 is 0 Å². The number of carboxylic acids is 1. The summed E-state index contributed by atoms with van der Waals surface area (Å²) >= 11 is 0. The zero-order valence-corrected chi connectivity index (χ0v) is 12.2. The van der Waals surface area contributed by atoms with Crippen molar-refractivity contribution in [2.75, 3.05) is 26.2 Å². The molecule has 0 saturated carbocycles. The Labute approximate surface area is 119 Å². The SMILES string of the molecule is CC1OCCC1CNC(=O)N1CCCC(C)(C(=O)O)C1. The first-order valence-corrected chi connectivity index (χ1v) is 7.30. The van der Waals surface area contributed by atoms with Crippen LogP contribution >= 0.6 is 0 Å². The number of urea groups is 1. The summed E-state index contributed by atoms with van der Waals surface area (Å²) in [5.41, 5.74) is -0.820. The summed E-state index contributed by atoms with van der Waals surface area (Å²) in [6.07, 6.45) is 2.51. The highest BCUT2D eigenvalue weighted by Gasteiger charge is 2.39. The second kappa shape index (κ2) is 5.99. The Hall–Kier alpha value is -1.30. The number of rotatable bonds is 3. The third-order valence-corrected chi connectivity index (χ3v) is 4.55. The summed E-state index contributed by atoms with van der Waals surface area (Å²) in [4.78, 5) is 25.1. The van der Waals surface area contributed by atoms with E-state index < -0.39 is 11.4 Å². The predicted molar refractivity (Wildman–Crippen MR) is 73.5 cm³/mol. The van der Waals surface area contributed by atoms with E-state index in [2.05, 4.69) is 5.32 Å². The number of carbonyl (C=O) groups is 2. The molecule has 20 heavy (non-hydrogen) atoms. The lowest BCUT2D eigenvalue weighted by atomic mass is 9.82. The van der Waals surface area contributed by atoms with Crippen LogP contribution in [0.15, 0.2) is 0 Å². The summed E-state index contributed by atoms with van der Waals surface area (Å²) in [5, 5.41) is 12.2. The molecule has 0 bridgehead atoms. The predicted octanol–water partition coefficient (Wildman–Crippen LogP) is 1.31. The minimum atomic E-state index is -0.826. The smallest absolute Gasteiger partial charge is 0.317 e. The van der Waals surface area contributed by atoms with Crippen molar-refractivity contribution in [3.05, 3.63) is 0 Å². The molecule has 0 spiro atoms.